The number of unbranched alkanes of at least 4 members (excludes halogenated alkanes) is 3. The molecule has 0 aliphatic carbocycles. The molecule has 0 unspecified atom stereocenters. The van der Waals surface area contributed by atoms with Gasteiger partial charge in [-0.2, -0.15) is 0 Å². The Hall–Kier alpha value is -1.82. The van der Waals surface area contributed by atoms with Gasteiger partial charge in [-0.3, -0.25) is 14.2 Å². The van der Waals surface area contributed by atoms with E-state index in [2.05, 4.69) is 17.2 Å². The summed E-state index contributed by atoms with van der Waals surface area (Å²) >= 11 is 1.33. The maximum atomic E-state index is 12.7. The number of benzene rings is 1. The number of rotatable bonds is 10. The molecule has 0 saturated carbocycles. The van der Waals surface area contributed by atoms with Crippen molar-refractivity contribution in [3.05, 3.63) is 34.6 Å². The fourth-order valence-electron chi connectivity index (χ4n) is 2.64. The lowest BCUT2D eigenvalue weighted by molar-refractivity contribution is -0.118. The Morgan fingerprint density at radius 2 is 1.96 bits per heavy atom. The summed E-state index contributed by atoms with van der Waals surface area (Å²) < 4.78 is 1.68. The zero-order valence-corrected chi connectivity index (χ0v) is 15.9. The number of hydrogen-bond donors (Lipinski definition) is 1. The largest absolute Gasteiger partial charge is 0.355 e. The molecule has 25 heavy (non-hydrogen) atoms. The van der Waals surface area contributed by atoms with Crippen LogP contribution in [0.2, 0.25) is 0 Å². The van der Waals surface area contributed by atoms with Crippen LogP contribution in [-0.4, -0.2) is 27.8 Å². The number of carbonyl (C=O) groups is 1. The monoisotopic (exact) mass is 361 g/mol. The highest BCUT2D eigenvalue weighted by Gasteiger charge is 2.12. The number of nitrogens with one attached hydrogen (secondary N) is 1. The van der Waals surface area contributed by atoms with E-state index in [-0.39, 0.29) is 17.2 Å². The number of para-hydroxylation sites is 1. The summed E-state index contributed by atoms with van der Waals surface area (Å²) in [6, 6.07) is 7.36. The van der Waals surface area contributed by atoms with E-state index in [0.29, 0.717) is 29.1 Å². The van der Waals surface area contributed by atoms with Crippen molar-refractivity contribution in [1.29, 1.82) is 0 Å². The molecular weight excluding hydrogens is 334 g/mol. The van der Waals surface area contributed by atoms with Crippen LogP contribution in [0.3, 0.4) is 0 Å². The molecule has 1 aromatic carbocycles. The van der Waals surface area contributed by atoms with Gasteiger partial charge in [0, 0.05) is 13.1 Å². The van der Waals surface area contributed by atoms with Crippen molar-refractivity contribution in [2.45, 2.75) is 57.7 Å². The molecule has 136 valence electrons. The third kappa shape index (κ3) is 5.59. The lowest BCUT2D eigenvalue weighted by Crippen LogP contribution is -2.27. The molecule has 2 aromatic rings. The fourth-order valence-corrected chi connectivity index (χ4v) is 3.49. The second kappa shape index (κ2) is 10.2. The highest BCUT2D eigenvalue weighted by atomic mass is 32.2. The van der Waals surface area contributed by atoms with Crippen LogP contribution in [0.1, 0.15) is 46.0 Å². The van der Waals surface area contributed by atoms with Crippen LogP contribution in [-0.2, 0) is 11.3 Å². The molecule has 0 aliphatic rings. The predicted octanol–water partition coefficient (Wildman–Crippen LogP) is 3.60. The van der Waals surface area contributed by atoms with Crippen molar-refractivity contribution in [3.63, 3.8) is 0 Å². The molecule has 6 heteroatoms. The molecule has 0 spiro atoms. The number of carbonyl (C=O) groups excluding carboxylic acids is 1. The molecule has 0 atom stereocenters. The third-order valence-electron chi connectivity index (χ3n) is 3.96. The second-order valence-corrected chi connectivity index (χ2v) is 7.01. The van der Waals surface area contributed by atoms with Gasteiger partial charge in [0.2, 0.25) is 5.91 Å². The van der Waals surface area contributed by atoms with Crippen molar-refractivity contribution < 1.29 is 4.79 Å². The number of nitrogens with zero attached hydrogens (tertiary/aromatic N) is 2. The summed E-state index contributed by atoms with van der Waals surface area (Å²) in [4.78, 5) is 29.3. The van der Waals surface area contributed by atoms with Gasteiger partial charge >= 0.3 is 0 Å². The fraction of sp³-hybridized carbons (Fsp3) is 0.526. The van der Waals surface area contributed by atoms with E-state index >= 15 is 0 Å². The predicted molar refractivity (Wildman–Crippen MR) is 104 cm³/mol. The van der Waals surface area contributed by atoms with Crippen molar-refractivity contribution in [2.24, 2.45) is 0 Å². The van der Waals surface area contributed by atoms with Crippen LogP contribution < -0.4 is 10.9 Å². The van der Waals surface area contributed by atoms with Crippen molar-refractivity contribution in [2.75, 3.05) is 12.3 Å². The van der Waals surface area contributed by atoms with Crippen LogP contribution in [0.25, 0.3) is 10.9 Å². The normalized spacial score (nSPS) is 11.0. The van der Waals surface area contributed by atoms with E-state index in [1.807, 2.05) is 25.1 Å². The van der Waals surface area contributed by atoms with Gasteiger partial charge in [0.05, 0.1) is 16.7 Å². The van der Waals surface area contributed by atoms with Crippen LogP contribution in [0.15, 0.2) is 34.2 Å². The lowest BCUT2D eigenvalue weighted by Gasteiger charge is -2.12. The van der Waals surface area contributed by atoms with E-state index in [1.54, 1.807) is 10.6 Å². The van der Waals surface area contributed by atoms with Crippen molar-refractivity contribution in [3.8, 4) is 0 Å². The topological polar surface area (TPSA) is 64.0 Å². The average molecular weight is 362 g/mol. The Kier molecular flexibility index (Phi) is 7.98. The van der Waals surface area contributed by atoms with Gasteiger partial charge in [0.15, 0.2) is 5.16 Å². The average Bonchev–Trinajstić information content (AvgIpc) is 2.62. The minimum Gasteiger partial charge on any atom is -0.355 e. The molecule has 5 nitrogen and oxygen atoms in total. The Morgan fingerprint density at radius 3 is 2.72 bits per heavy atom. The highest BCUT2D eigenvalue weighted by molar-refractivity contribution is 7.99. The zero-order valence-electron chi connectivity index (χ0n) is 15.1. The molecule has 2 rings (SSSR count). The van der Waals surface area contributed by atoms with E-state index in [9.17, 15) is 9.59 Å². The van der Waals surface area contributed by atoms with Gasteiger partial charge in [-0.05, 0) is 25.0 Å². The molecule has 1 N–H and O–H groups in total. The summed E-state index contributed by atoms with van der Waals surface area (Å²) in [5.41, 5.74) is 0.650. The Morgan fingerprint density at radius 1 is 1.16 bits per heavy atom. The summed E-state index contributed by atoms with van der Waals surface area (Å²) in [5.74, 6) is 0.273. The molecule has 0 saturated heterocycles. The SMILES string of the molecule is CCCCCCNC(=O)CSc1nc2ccccc2c(=O)n1CCC. The van der Waals surface area contributed by atoms with Crippen LogP contribution in [0.5, 0.6) is 0 Å². The maximum absolute atomic E-state index is 12.7. The first-order valence-corrected chi connectivity index (χ1v) is 10.0. The molecule has 0 bridgehead atoms. The Balaban J connectivity index is 2.03. The molecule has 0 radical (unpaired) electrons. The molecule has 0 fully saturated rings. The smallest absolute Gasteiger partial charge is 0.262 e. The minimum atomic E-state index is -0.0325. The standard InChI is InChI=1S/C19H27N3O2S/c1-3-5-6-9-12-20-17(23)14-25-19-21-16-11-8-7-10-15(16)18(24)22(19)13-4-2/h7-8,10-11H,3-6,9,12-14H2,1-2H3,(H,20,23). The first-order valence-electron chi connectivity index (χ1n) is 9.06. The quantitative estimate of drug-likeness (QED) is 0.399. The van der Waals surface area contributed by atoms with Gasteiger partial charge in [0.25, 0.3) is 5.56 Å². The lowest BCUT2D eigenvalue weighted by atomic mass is 10.2. The number of aromatic nitrogens is 2. The highest BCUT2D eigenvalue weighted by Crippen LogP contribution is 2.18. The molecule has 1 amide bonds. The first kappa shape index (κ1) is 19.5. The second-order valence-electron chi connectivity index (χ2n) is 6.07. The minimum absolute atomic E-state index is 0.00745. The van der Waals surface area contributed by atoms with Crippen LogP contribution in [0, 0.1) is 0 Å². The summed E-state index contributed by atoms with van der Waals surface area (Å²) in [6.45, 7) is 5.52. The van der Waals surface area contributed by atoms with Gasteiger partial charge in [-0.15, -0.1) is 0 Å². The van der Waals surface area contributed by atoms with E-state index in [0.717, 1.165) is 19.3 Å². The zero-order chi connectivity index (χ0) is 18.1. The van der Waals surface area contributed by atoms with Gasteiger partial charge in [-0.1, -0.05) is 57.0 Å². The van der Waals surface area contributed by atoms with E-state index in [1.165, 1.54) is 24.6 Å². The number of amides is 1. The number of fused-ring (bicyclic) bond motifs is 1. The Labute approximate surface area is 153 Å². The summed E-state index contributed by atoms with van der Waals surface area (Å²) in [7, 11) is 0. The van der Waals surface area contributed by atoms with Crippen LogP contribution in [0.4, 0.5) is 0 Å². The molecule has 1 aromatic heterocycles. The van der Waals surface area contributed by atoms with E-state index in [4.69, 9.17) is 0 Å². The maximum Gasteiger partial charge on any atom is 0.262 e. The van der Waals surface area contributed by atoms with Crippen molar-refractivity contribution in [1.82, 2.24) is 14.9 Å². The molecular formula is C19H27N3O2S. The molecule has 1 heterocycles. The van der Waals surface area contributed by atoms with Gasteiger partial charge in [0.1, 0.15) is 0 Å². The molecule has 0 aliphatic heterocycles. The third-order valence-corrected chi connectivity index (χ3v) is 4.94. The van der Waals surface area contributed by atoms with Gasteiger partial charge in [-0.25, -0.2) is 4.98 Å². The Bertz CT molecular complexity index is 758. The first-order chi connectivity index (χ1) is 12.2. The van der Waals surface area contributed by atoms with Crippen molar-refractivity contribution >= 4 is 28.6 Å². The van der Waals surface area contributed by atoms with Gasteiger partial charge < -0.3 is 5.32 Å². The number of thioether (sulfide) groups is 1. The summed E-state index contributed by atoms with van der Waals surface area (Å²) in [5, 5.41) is 4.18. The number of hydrogen-bond acceptors (Lipinski definition) is 4. The summed E-state index contributed by atoms with van der Waals surface area (Å²) in [6.07, 6.45) is 5.39. The van der Waals surface area contributed by atoms with E-state index < -0.39 is 0 Å². The van der Waals surface area contributed by atoms with Crippen LogP contribution >= 0.6 is 11.8 Å².